The molecule has 0 fully saturated rings. The molecule has 0 unspecified atom stereocenters. The fourth-order valence-corrected chi connectivity index (χ4v) is 2.53. The summed E-state index contributed by atoms with van der Waals surface area (Å²) in [5, 5.41) is 13.2. The van der Waals surface area contributed by atoms with Gasteiger partial charge in [0.05, 0.1) is 18.2 Å². The molecular formula is C19H20F3NO2. The maximum Gasteiger partial charge on any atom is 0.416 e. The Kier molecular flexibility index (Phi) is 5.98. The van der Waals surface area contributed by atoms with Gasteiger partial charge in [0, 0.05) is 11.6 Å². The van der Waals surface area contributed by atoms with Gasteiger partial charge in [-0.1, -0.05) is 42.0 Å². The Morgan fingerprint density at radius 2 is 1.80 bits per heavy atom. The molecule has 0 spiro atoms. The standard InChI is InChI=1S/C19H20F3NO2/c1-12-8-15(10-16(9-12)19(20,21)22)18(25)13(2)23-11-17(24)14-6-4-3-5-7-14/h3-10,13,18,23,25H,11H2,1-2H3/t13-,18-/m0/s1. The molecule has 2 aromatic rings. The highest BCUT2D eigenvalue weighted by molar-refractivity contribution is 5.97. The monoisotopic (exact) mass is 351 g/mol. The summed E-state index contributed by atoms with van der Waals surface area (Å²) in [4.78, 5) is 12.1. The van der Waals surface area contributed by atoms with Crippen molar-refractivity contribution >= 4 is 5.78 Å². The lowest BCUT2D eigenvalue weighted by atomic mass is 9.98. The van der Waals surface area contributed by atoms with Crippen LogP contribution >= 0.6 is 0 Å². The summed E-state index contributed by atoms with van der Waals surface area (Å²) in [6, 6.07) is 11.6. The smallest absolute Gasteiger partial charge is 0.387 e. The second kappa shape index (κ2) is 7.80. The van der Waals surface area contributed by atoms with Crippen LogP contribution in [-0.2, 0) is 6.18 Å². The van der Waals surface area contributed by atoms with Crippen molar-refractivity contribution in [3.05, 3.63) is 70.8 Å². The summed E-state index contributed by atoms with van der Waals surface area (Å²) in [6.45, 7) is 3.15. The van der Waals surface area contributed by atoms with Gasteiger partial charge in [-0.05, 0) is 31.5 Å². The molecule has 0 bridgehead atoms. The largest absolute Gasteiger partial charge is 0.416 e. The van der Waals surface area contributed by atoms with Crippen LogP contribution in [-0.4, -0.2) is 23.5 Å². The number of aryl methyl sites for hydroxylation is 1. The van der Waals surface area contributed by atoms with Gasteiger partial charge in [-0.3, -0.25) is 4.79 Å². The third kappa shape index (κ3) is 5.14. The Hall–Kier alpha value is -2.18. The van der Waals surface area contributed by atoms with Crippen molar-refractivity contribution in [3.63, 3.8) is 0 Å². The number of hydrogen-bond acceptors (Lipinski definition) is 3. The molecule has 25 heavy (non-hydrogen) atoms. The van der Waals surface area contributed by atoms with E-state index in [4.69, 9.17) is 0 Å². The molecule has 2 aromatic carbocycles. The van der Waals surface area contributed by atoms with Gasteiger partial charge < -0.3 is 10.4 Å². The van der Waals surface area contributed by atoms with E-state index < -0.39 is 23.9 Å². The van der Waals surface area contributed by atoms with Gasteiger partial charge in [-0.15, -0.1) is 0 Å². The number of benzene rings is 2. The number of carbonyl (C=O) groups excluding carboxylic acids is 1. The third-order valence-electron chi connectivity index (χ3n) is 3.92. The molecule has 134 valence electrons. The molecule has 2 rings (SSSR count). The van der Waals surface area contributed by atoms with E-state index in [1.807, 2.05) is 0 Å². The number of nitrogens with one attached hydrogen (secondary N) is 1. The third-order valence-corrected chi connectivity index (χ3v) is 3.92. The summed E-state index contributed by atoms with van der Waals surface area (Å²) < 4.78 is 38.7. The molecule has 0 radical (unpaired) electrons. The second-order valence-electron chi connectivity index (χ2n) is 6.03. The minimum atomic E-state index is -4.47. The van der Waals surface area contributed by atoms with Crippen LogP contribution in [0.3, 0.4) is 0 Å². The van der Waals surface area contributed by atoms with Crippen molar-refractivity contribution in [1.29, 1.82) is 0 Å². The molecule has 0 aliphatic heterocycles. The Bertz CT molecular complexity index is 729. The predicted molar refractivity (Wildman–Crippen MR) is 89.4 cm³/mol. The van der Waals surface area contributed by atoms with Crippen LogP contribution in [0.2, 0.25) is 0 Å². The number of alkyl halides is 3. The first-order valence-electron chi connectivity index (χ1n) is 7.87. The molecule has 2 atom stereocenters. The van der Waals surface area contributed by atoms with Crippen LogP contribution in [0.4, 0.5) is 13.2 Å². The second-order valence-corrected chi connectivity index (χ2v) is 6.03. The minimum Gasteiger partial charge on any atom is -0.387 e. The molecule has 0 aliphatic carbocycles. The first kappa shape index (κ1) is 19.1. The van der Waals surface area contributed by atoms with Gasteiger partial charge in [-0.25, -0.2) is 0 Å². The number of hydrogen-bond donors (Lipinski definition) is 2. The molecule has 0 aromatic heterocycles. The van der Waals surface area contributed by atoms with Gasteiger partial charge in [-0.2, -0.15) is 13.2 Å². The topological polar surface area (TPSA) is 49.3 Å². The van der Waals surface area contributed by atoms with Gasteiger partial charge in [0.2, 0.25) is 0 Å². The molecule has 0 amide bonds. The number of Topliss-reactive ketones (excluding diaryl/α,β-unsaturated/α-hetero) is 1. The molecule has 0 saturated heterocycles. The van der Waals surface area contributed by atoms with Crippen molar-refractivity contribution in [2.75, 3.05) is 6.54 Å². The Balaban J connectivity index is 2.06. The fraction of sp³-hybridized carbons (Fsp3) is 0.316. The highest BCUT2D eigenvalue weighted by Crippen LogP contribution is 2.32. The maximum atomic E-state index is 12.9. The summed E-state index contributed by atoms with van der Waals surface area (Å²) in [5.41, 5.74) is 0.316. The summed E-state index contributed by atoms with van der Waals surface area (Å²) in [5.74, 6) is -0.153. The van der Waals surface area contributed by atoms with Crippen molar-refractivity contribution in [2.24, 2.45) is 0 Å². The summed E-state index contributed by atoms with van der Waals surface area (Å²) in [6.07, 6.45) is -5.63. The van der Waals surface area contributed by atoms with Gasteiger partial charge >= 0.3 is 6.18 Å². The molecular weight excluding hydrogens is 331 g/mol. The van der Waals surface area contributed by atoms with E-state index in [9.17, 15) is 23.1 Å². The zero-order chi connectivity index (χ0) is 18.6. The first-order valence-corrected chi connectivity index (χ1v) is 7.87. The molecule has 2 N–H and O–H groups in total. The zero-order valence-corrected chi connectivity index (χ0v) is 14.0. The number of carbonyl (C=O) groups is 1. The van der Waals surface area contributed by atoms with Crippen molar-refractivity contribution < 1.29 is 23.1 Å². The van der Waals surface area contributed by atoms with E-state index in [0.29, 0.717) is 11.1 Å². The Labute approximate surface area is 144 Å². The van der Waals surface area contributed by atoms with Gasteiger partial charge in [0.25, 0.3) is 0 Å². The van der Waals surface area contributed by atoms with Crippen LogP contribution in [0, 0.1) is 6.92 Å². The van der Waals surface area contributed by atoms with E-state index in [1.54, 1.807) is 44.2 Å². The number of aliphatic hydroxyl groups excluding tert-OH is 1. The van der Waals surface area contributed by atoms with Crippen molar-refractivity contribution in [1.82, 2.24) is 5.32 Å². The zero-order valence-electron chi connectivity index (χ0n) is 14.0. The maximum absolute atomic E-state index is 12.9. The van der Waals surface area contributed by atoms with Gasteiger partial charge in [0.15, 0.2) is 5.78 Å². The summed E-state index contributed by atoms with van der Waals surface area (Å²) >= 11 is 0. The Morgan fingerprint density at radius 3 is 2.40 bits per heavy atom. The molecule has 3 nitrogen and oxygen atoms in total. The van der Waals surface area contributed by atoms with Crippen molar-refractivity contribution in [3.8, 4) is 0 Å². The lowest BCUT2D eigenvalue weighted by Crippen LogP contribution is -2.36. The average molecular weight is 351 g/mol. The lowest BCUT2D eigenvalue weighted by Gasteiger charge is -2.22. The van der Waals surface area contributed by atoms with E-state index in [2.05, 4.69) is 5.32 Å². The average Bonchev–Trinajstić information content (AvgIpc) is 2.58. The van der Waals surface area contributed by atoms with E-state index in [1.165, 1.54) is 6.07 Å². The van der Waals surface area contributed by atoms with E-state index in [-0.39, 0.29) is 17.9 Å². The predicted octanol–water partition coefficient (Wildman–Crippen LogP) is 3.91. The number of ketones is 1. The minimum absolute atomic E-state index is 0.0137. The first-order chi connectivity index (χ1) is 11.7. The molecule has 0 saturated carbocycles. The highest BCUT2D eigenvalue weighted by Gasteiger charge is 2.32. The van der Waals surface area contributed by atoms with Gasteiger partial charge in [0.1, 0.15) is 0 Å². The van der Waals surface area contributed by atoms with Crippen LogP contribution in [0.25, 0.3) is 0 Å². The lowest BCUT2D eigenvalue weighted by molar-refractivity contribution is -0.137. The molecule has 0 aliphatic rings. The van der Waals surface area contributed by atoms with E-state index in [0.717, 1.165) is 12.1 Å². The van der Waals surface area contributed by atoms with Crippen LogP contribution < -0.4 is 5.32 Å². The molecule has 0 heterocycles. The highest BCUT2D eigenvalue weighted by atomic mass is 19.4. The molecule has 6 heteroatoms. The number of halogens is 3. The van der Waals surface area contributed by atoms with Crippen LogP contribution in [0.1, 0.15) is 40.1 Å². The SMILES string of the molecule is Cc1cc([C@@H](O)[C@H](C)NCC(=O)c2ccccc2)cc(C(F)(F)F)c1. The number of aliphatic hydroxyl groups is 1. The van der Waals surface area contributed by atoms with Crippen LogP contribution in [0.5, 0.6) is 0 Å². The fourth-order valence-electron chi connectivity index (χ4n) is 2.53. The summed E-state index contributed by atoms with van der Waals surface area (Å²) in [7, 11) is 0. The van der Waals surface area contributed by atoms with Crippen molar-refractivity contribution in [2.45, 2.75) is 32.2 Å². The van der Waals surface area contributed by atoms with Crippen LogP contribution in [0.15, 0.2) is 48.5 Å². The van der Waals surface area contributed by atoms with E-state index >= 15 is 0 Å². The normalized spacial score (nSPS) is 14.2. The number of rotatable bonds is 6. The quantitative estimate of drug-likeness (QED) is 0.776. The Morgan fingerprint density at radius 1 is 1.16 bits per heavy atom.